The average Bonchev–Trinajstić information content (AvgIpc) is 2.92. The molecule has 0 N–H and O–H groups in total. The van der Waals surface area contributed by atoms with Crippen LogP contribution in [-0.4, -0.2) is 24.7 Å². The third-order valence-corrected chi connectivity index (χ3v) is 7.90. The van der Waals surface area contributed by atoms with Gasteiger partial charge in [-0.2, -0.15) is 0 Å². The molecule has 0 spiro atoms. The van der Waals surface area contributed by atoms with Crippen molar-refractivity contribution in [2.75, 3.05) is 0 Å². The largest absolute Gasteiger partial charge is 0.268 e. The van der Waals surface area contributed by atoms with E-state index in [1.165, 1.54) is 4.31 Å². The lowest BCUT2D eigenvalue weighted by Crippen LogP contribution is -2.41. The van der Waals surface area contributed by atoms with Gasteiger partial charge in [0.25, 0.3) is 15.9 Å². The molecule has 5 heteroatoms. The molecule has 0 fully saturated rings. The summed E-state index contributed by atoms with van der Waals surface area (Å²) >= 11 is 0. The highest BCUT2D eigenvalue weighted by Crippen LogP contribution is 2.47. The quantitative estimate of drug-likeness (QED) is 0.718. The van der Waals surface area contributed by atoms with Crippen LogP contribution in [0.4, 0.5) is 0 Å². The summed E-state index contributed by atoms with van der Waals surface area (Å²) in [5.74, 6) is 0.190. The number of hydrogen-bond donors (Lipinski definition) is 0. The molecule has 1 aliphatic carbocycles. The van der Waals surface area contributed by atoms with Gasteiger partial charge in [-0.15, -0.1) is 0 Å². The smallest absolute Gasteiger partial charge is 0.267 e. The van der Waals surface area contributed by atoms with Gasteiger partial charge in [-0.3, -0.25) is 4.79 Å². The highest BCUT2D eigenvalue weighted by atomic mass is 32.2. The molecule has 3 rings (SSSR count). The second kappa shape index (κ2) is 7.42. The first kappa shape index (κ1) is 20.1. The fraction of sp³-hybridized carbons (Fsp3) is 0.591. The van der Waals surface area contributed by atoms with E-state index in [1.54, 1.807) is 30.3 Å². The lowest BCUT2D eigenvalue weighted by Gasteiger charge is -2.35. The Balaban J connectivity index is 2.00. The normalized spacial score (nSPS) is 23.7. The van der Waals surface area contributed by atoms with Crippen LogP contribution in [0.5, 0.6) is 0 Å². The standard InChI is InChI=1S/C22H31NO3S/c1-5-6-12-20-19-15-16(22(2,3)4)13-14-18(19)21(24)23(20)27(25,26)17-10-8-7-9-11-17/h7-11,16,20H,5-6,12-15H2,1-4H3/t16?,20-/m0/s1. The Labute approximate surface area is 163 Å². The molecule has 1 heterocycles. The first-order valence-electron chi connectivity index (χ1n) is 10.0. The summed E-state index contributed by atoms with van der Waals surface area (Å²) in [5.41, 5.74) is 2.00. The molecule has 1 aromatic carbocycles. The lowest BCUT2D eigenvalue weighted by molar-refractivity contribution is -0.122. The van der Waals surface area contributed by atoms with Crippen LogP contribution in [0, 0.1) is 11.3 Å². The Bertz CT molecular complexity index is 834. The maximum absolute atomic E-state index is 13.3. The van der Waals surface area contributed by atoms with E-state index in [-0.39, 0.29) is 22.3 Å². The zero-order valence-corrected chi connectivity index (χ0v) is 17.7. The summed E-state index contributed by atoms with van der Waals surface area (Å²) in [6.07, 6.45) is 5.09. The van der Waals surface area contributed by atoms with E-state index in [0.717, 1.165) is 36.8 Å². The highest BCUT2D eigenvalue weighted by molar-refractivity contribution is 7.89. The molecule has 0 bridgehead atoms. The zero-order valence-electron chi connectivity index (χ0n) is 16.9. The van der Waals surface area contributed by atoms with E-state index >= 15 is 0 Å². The molecular formula is C22H31NO3S. The number of carbonyl (C=O) groups excluding carboxylic acids is 1. The van der Waals surface area contributed by atoms with Crippen LogP contribution in [0.1, 0.15) is 66.2 Å². The van der Waals surface area contributed by atoms with Crippen molar-refractivity contribution < 1.29 is 13.2 Å². The summed E-state index contributed by atoms with van der Waals surface area (Å²) in [6, 6.07) is 8.04. The molecule has 0 radical (unpaired) electrons. The van der Waals surface area contributed by atoms with Gasteiger partial charge in [-0.25, -0.2) is 12.7 Å². The van der Waals surface area contributed by atoms with E-state index in [9.17, 15) is 13.2 Å². The Kier molecular flexibility index (Phi) is 5.53. The molecule has 27 heavy (non-hydrogen) atoms. The van der Waals surface area contributed by atoms with Gasteiger partial charge >= 0.3 is 0 Å². The van der Waals surface area contributed by atoms with Crippen LogP contribution >= 0.6 is 0 Å². The molecule has 1 aliphatic heterocycles. The Morgan fingerprint density at radius 1 is 1.15 bits per heavy atom. The topological polar surface area (TPSA) is 54.5 Å². The molecule has 0 saturated carbocycles. The predicted octanol–water partition coefficient (Wildman–Crippen LogP) is 4.92. The summed E-state index contributed by atoms with van der Waals surface area (Å²) in [5, 5.41) is 0. The average molecular weight is 390 g/mol. The third-order valence-electron chi connectivity index (χ3n) is 6.10. The van der Waals surface area contributed by atoms with Crippen molar-refractivity contribution in [2.45, 2.75) is 77.2 Å². The van der Waals surface area contributed by atoms with Gasteiger partial charge < -0.3 is 0 Å². The maximum Gasteiger partial charge on any atom is 0.267 e. The van der Waals surface area contributed by atoms with E-state index in [2.05, 4.69) is 27.7 Å². The minimum Gasteiger partial charge on any atom is -0.268 e. The number of hydrogen-bond acceptors (Lipinski definition) is 3. The number of benzene rings is 1. The third kappa shape index (κ3) is 3.71. The molecular weight excluding hydrogens is 358 g/mol. The van der Waals surface area contributed by atoms with Crippen molar-refractivity contribution in [1.82, 2.24) is 4.31 Å². The Hall–Kier alpha value is -1.62. The number of carbonyl (C=O) groups is 1. The van der Waals surface area contributed by atoms with Gasteiger partial charge in [-0.1, -0.05) is 58.7 Å². The molecule has 2 atom stereocenters. The monoisotopic (exact) mass is 389 g/mol. The fourth-order valence-electron chi connectivity index (χ4n) is 4.38. The second-order valence-corrected chi connectivity index (χ2v) is 10.7. The number of nitrogens with zero attached hydrogens (tertiary/aromatic N) is 1. The van der Waals surface area contributed by atoms with E-state index in [1.807, 2.05) is 0 Å². The predicted molar refractivity (Wildman–Crippen MR) is 108 cm³/mol. The summed E-state index contributed by atoms with van der Waals surface area (Å²) in [6.45, 7) is 8.81. The van der Waals surface area contributed by atoms with Crippen molar-refractivity contribution in [1.29, 1.82) is 0 Å². The molecule has 2 aliphatic rings. The molecule has 148 valence electrons. The number of rotatable bonds is 5. The van der Waals surface area contributed by atoms with E-state index in [4.69, 9.17) is 0 Å². The van der Waals surface area contributed by atoms with Gasteiger partial charge in [0, 0.05) is 5.57 Å². The van der Waals surface area contributed by atoms with Crippen LogP contribution in [0.2, 0.25) is 0 Å². The molecule has 0 saturated heterocycles. The first-order valence-corrected chi connectivity index (χ1v) is 11.5. The van der Waals surface area contributed by atoms with E-state index in [0.29, 0.717) is 18.8 Å². The van der Waals surface area contributed by atoms with Gasteiger partial charge in [-0.05, 0) is 54.7 Å². The van der Waals surface area contributed by atoms with Crippen LogP contribution in [0.25, 0.3) is 0 Å². The van der Waals surface area contributed by atoms with Gasteiger partial charge in [0.15, 0.2) is 0 Å². The Morgan fingerprint density at radius 3 is 2.41 bits per heavy atom. The SMILES string of the molecule is CCCC[C@H]1C2=C(CCC(C(C)(C)C)C2)C(=O)N1S(=O)(=O)c1ccccc1. The Morgan fingerprint density at radius 2 is 1.81 bits per heavy atom. The molecule has 1 unspecified atom stereocenters. The molecule has 1 amide bonds. The molecule has 4 nitrogen and oxygen atoms in total. The summed E-state index contributed by atoms with van der Waals surface area (Å²) < 4.78 is 27.8. The van der Waals surface area contributed by atoms with Crippen LogP contribution in [0.3, 0.4) is 0 Å². The second-order valence-electron chi connectivity index (χ2n) is 8.89. The van der Waals surface area contributed by atoms with Crippen molar-refractivity contribution in [3.63, 3.8) is 0 Å². The van der Waals surface area contributed by atoms with Crippen LogP contribution in [0.15, 0.2) is 46.4 Å². The number of sulfonamides is 1. The lowest BCUT2D eigenvalue weighted by atomic mass is 9.70. The van der Waals surface area contributed by atoms with Crippen molar-refractivity contribution >= 4 is 15.9 Å². The van der Waals surface area contributed by atoms with Crippen molar-refractivity contribution in [2.24, 2.45) is 11.3 Å². The maximum atomic E-state index is 13.3. The number of amides is 1. The zero-order chi connectivity index (χ0) is 19.8. The van der Waals surface area contributed by atoms with Gasteiger partial charge in [0.1, 0.15) is 0 Å². The molecule has 1 aromatic rings. The van der Waals surface area contributed by atoms with E-state index < -0.39 is 10.0 Å². The van der Waals surface area contributed by atoms with Crippen LogP contribution < -0.4 is 0 Å². The first-order chi connectivity index (χ1) is 12.7. The van der Waals surface area contributed by atoms with Crippen molar-refractivity contribution in [3.05, 3.63) is 41.5 Å². The van der Waals surface area contributed by atoms with Gasteiger partial charge in [0.2, 0.25) is 0 Å². The minimum absolute atomic E-state index is 0.155. The summed E-state index contributed by atoms with van der Waals surface area (Å²) in [7, 11) is -3.84. The summed E-state index contributed by atoms with van der Waals surface area (Å²) in [4.78, 5) is 13.4. The molecule has 0 aromatic heterocycles. The van der Waals surface area contributed by atoms with Gasteiger partial charge in [0.05, 0.1) is 10.9 Å². The number of unbranched alkanes of at least 4 members (excludes halogenated alkanes) is 1. The fourth-order valence-corrected chi connectivity index (χ4v) is 6.00. The highest BCUT2D eigenvalue weighted by Gasteiger charge is 2.48. The van der Waals surface area contributed by atoms with Crippen LogP contribution in [-0.2, 0) is 14.8 Å². The van der Waals surface area contributed by atoms with Crippen molar-refractivity contribution in [3.8, 4) is 0 Å². The minimum atomic E-state index is -3.84.